The second kappa shape index (κ2) is 9.37. The van der Waals surface area contributed by atoms with Gasteiger partial charge in [-0.1, -0.05) is 13.8 Å². The smallest absolute Gasteiger partial charge is 0.303 e. The van der Waals surface area contributed by atoms with Crippen molar-refractivity contribution in [2.75, 3.05) is 13.0 Å². The van der Waals surface area contributed by atoms with Gasteiger partial charge >= 0.3 is 5.97 Å². The molecule has 0 amide bonds. The lowest BCUT2D eigenvalue weighted by Gasteiger charge is -2.14. The molecule has 0 aliphatic heterocycles. The van der Waals surface area contributed by atoms with Gasteiger partial charge in [-0.25, -0.2) is 0 Å². The minimum absolute atomic E-state index is 0.00650. The maximum Gasteiger partial charge on any atom is 0.303 e. The number of ketones is 1. The van der Waals surface area contributed by atoms with Crippen molar-refractivity contribution < 1.29 is 19.4 Å². The average molecular weight is 301 g/mol. The largest absolute Gasteiger partial charge is 0.497 e. The Bertz CT molecular complexity index is 457. The quantitative estimate of drug-likeness (QED) is 0.665. The van der Waals surface area contributed by atoms with E-state index in [2.05, 4.69) is 0 Å². The van der Waals surface area contributed by atoms with Crippen LogP contribution in [0, 0.1) is 0 Å². The van der Waals surface area contributed by atoms with Gasteiger partial charge in [0.25, 0.3) is 0 Å². The van der Waals surface area contributed by atoms with E-state index >= 15 is 0 Å². The number of ether oxygens (including phenoxy) is 1. The van der Waals surface area contributed by atoms with Crippen LogP contribution in [0.2, 0.25) is 0 Å². The van der Waals surface area contributed by atoms with Gasteiger partial charge in [0, 0.05) is 11.4 Å². The average Bonchev–Trinajstić information content (AvgIpc) is 2.38. The third-order valence-electron chi connectivity index (χ3n) is 2.65. The van der Waals surface area contributed by atoms with Gasteiger partial charge in [0.05, 0.1) is 13.5 Å². The molecule has 1 unspecified atom stereocenters. The summed E-state index contributed by atoms with van der Waals surface area (Å²) in [6.07, 6.45) is -0.00650. The van der Waals surface area contributed by atoms with Crippen LogP contribution in [0.15, 0.2) is 18.2 Å². The van der Waals surface area contributed by atoms with Gasteiger partial charge in [-0.2, -0.15) is 0 Å². The Morgan fingerprint density at radius 3 is 2.35 bits per heavy atom. The molecule has 20 heavy (non-hydrogen) atoms. The highest BCUT2D eigenvalue weighted by Crippen LogP contribution is 2.27. The van der Waals surface area contributed by atoms with E-state index in [1.807, 2.05) is 6.92 Å². The van der Waals surface area contributed by atoms with E-state index in [4.69, 9.17) is 21.4 Å². The summed E-state index contributed by atoms with van der Waals surface area (Å²) in [4.78, 5) is 22.2. The molecule has 0 aromatic heterocycles. The number of carbonyl (C=O) groups is 2. The maximum absolute atomic E-state index is 11.5. The Kier molecular flexibility index (Phi) is 8.64. The summed E-state index contributed by atoms with van der Waals surface area (Å²) in [5.41, 5.74) is 1.28. The highest BCUT2D eigenvalue weighted by atomic mass is 35.5. The number of methoxy groups -OCH3 is 1. The van der Waals surface area contributed by atoms with Crippen LogP contribution in [0.3, 0.4) is 0 Å². The number of alkyl halides is 1. The summed E-state index contributed by atoms with van der Waals surface area (Å²) in [6.45, 7) is 5.15. The summed E-state index contributed by atoms with van der Waals surface area (Å²) in [6, 6.07) is 5.10. The molecule has 0 aliphatic rings. The van der Waals surface area contributed by atoms with Crippen molar-refractivity contribution in [3.8, 4) is 5.75 Å². The van der Waals surface area contributed by atoms with E-state index in [-0.39, 0.29) is 18.1 Å². The van der Waals surface area contributed by atoms with Gasteiger partial charge < -0.3 is 9.84 Å². The van der Waals surface area contributed by atoms with Gasteiger partial charge in [-0.15, -0.1) is 11.6 Å². The van der Waals surface area contributed by atoms with Crippen molar-refractivity contribution in [1.82, 2.24) is 0 Å². The van der Waals surface area contributed by atoms with E-state index in [9.17, 15) is 9.59 Å². The van der Waals surface area contributed by atoms with Crippen LogP contribution in [0.25, 0.3) is 0 Å². The molecular weight excluding hydrogens is 280 g/mol. The summed E-state index contributed by atoms with van der Waals surface area (Å²) in [5, 5.41) is 8.79. The summed E-state index contributed by atoms with van der Waals surface area (Å²) in [5.74, 6) is 0.179. The molecule has 0 saturated heterocycles. The lowest BCUT2D eigenvalue weighted by Crippen LogP contribution is -2.08. The molecule has 0 bridgehead atoms. The topological polar surface area (TPSA) is 63.6 Å². The molecule has 1 atom stereocenters. The molecule has 5 heteroatoms. The lowest BCUT2D eigenvalue weighted by atomic mass is 9.91. The zero-order chi connectivity index (χ0) is 15.7. The Labute approximate surface area is 124 Å². The van der Waals surface area contributed by atoms with Crippen molar-refractivity contribution in [1.29, 1.82) is 0 Å². The number of aliphatic carboxylic acids is 1. The number of carboxylic acids is 1. The molecule has 0 aliphatic carbocycles. The number of rotatable bonds is 5. The van der Waals surface area contributed by atoms with Crippen molar-refractivity contribution in [2.24, 2.45) is 0 Å². The number of Topliss-reactive ketones (excluding diaryl/α,β-unsaturated/α-hetero) is 1. The van der Waals surface area contributed by atoms with Crippen LogP contribution in [-0.2, 0) is 4.79 Å². The molecule has 4 nitrogen and oxygen atoms in total. The molecule has 0 radical (unpaired) electrons. The summed E-state index contributed by atoms with van der Waals surface area (Å²) in [7, 11) is 1.54. The Morgan fingerprint density at radius 1 is 1.40 bits per heavy atom. The molecule has 1 N–H and O–H groups in total. The predicted octanol–water partition coefficient (Wildman–Crippen LogP) is 3.72. The fourth-order valence-electron chi connectivity index (χ4n) is 1.77. The predicted molar refractivity (Wildman–Crippen MR) is 80.1 cm³/mol. The standard InChI is InChI=1S/C13H16O4.C2H5Cl/c1-8(6-13(15)16)12-7-10(17-3)4-5-11(12)9(2)14;1-2-3/h4-5,7-8H,6H2,1-3H3,(H,15,16);2H2,1H3. The number of hydrogen-bond donors (Lipinski definition) is 1. The fraction of sp³-hybridized carbons (Fsp3) is 0.467. The van der Waals surface area contributed by atoms with Gasteiger partial charge in [-0.05, 0) is 36.6 Å². The molecule has 1 aromatic rings. The Balaban J connectivity index is 0.00000110. The minimum Gasteiger partial charge on any atom is -0.497 e. The number of halogens is 1. The van der Waals surface area contributed by atoms with E-state index in [0.717, 1.165) is 11.4 Å². The molecular formula is C15H21ClO4. The van der Waals surface area contributed by atoms with Crippen molar-refractivity contribution in [3.05, 3.63) is 29.3 Å². The van der Waals surface area contributed by atoms with E-state index in [1.54, 1.807) is 25.1 Å². The zero-order valence-corrected chi connectivity index (χ0v) is 13.0. The highest BCUT2D eigenvalue weighted by Gasteiger charge is 2.17. The van der Waals surface area contributed by atoms with Crippen LogP contribution in [0.5, 0.6) is 5.75 Å². The Morgan fingerprint density at radius 2 is 1.95 bits per heavy atom. The SMILES string of the molecule is CCCl.COc1ccc(C(C)=O)c(C(C)CC(=O)O)c1. The van der Waals surface area contributed by atoms with Crippen LogP contribution < -0.4 is 4.74 Å². The second-order valence-electron chi connectivity index (χ2n) is 4.28. The van der Waals surface area contributed by atoms with Gasteiger partial charge in [0.2, 0.25) is 0 Å². The van der Waals surface area contributed by atoms with E-state index < -0.39 is 5.97 Å². The highest BCUT2D eigenvalue weighted by molar-refractivity contribution is 6.17. The van der Waals surface area contributed by atoms with Crippen LogP contribution in [0.1, 0.15) is 49.0 Å². The third kappa shape index (κ3) is 6.06. The number of carbonyl (C=O) groups excluding carboxylic acids is 1. The van der Waals surface area contributed by atoms with Crippen molar-refractivity contribution >= 4 is 23.4 Å². The van der Waals surface area contributed by atoms with E-state index in [0.29, 0.717) is 11.3 Å². The maximum atomic E-state index is 11.5. The number of benzene rings is 1. The first kappa shape index (κ1) is 18.4. The first-order chi connectivity index (χ1) is 9.37. The van der Waals surface area contributed by atoms with Crippen LogP contribution in [-0.4, -0.2) is 29.8 Å². The number of carboxylic acid groups (broad SMARTS) is 1. The van der Waals surface area contributed by atoms with Gasteiger partial charge in [-0.3, -0.25) is 9.59 Å². The summed E-state index contributed by atoms with van der Waals surface area (Å²) < 4.78 is 5.09. The second-order valence-corrected chi connectivity index (χ2v) is 4.81. The molecule has 1 rings (SSSR count). The fourth-order valence-corrected chi connectivity index (χ4v) is 1.77. The molecule has 112 valence electrons. The molecule has 0 spiro atoms. The van der Waals surface area contributed by atoms with Crippen molar-refractivity contribution in [2.45, 2.75) is 33.1 Å². The molecule has 1 aromatic carbocycles. The Hall–Kier alpha value is -1.55. The zero-order valence-electron chi connectivity index (χ0n) is 12.3. The lowest BCUT2D eigenvalue weighted by molar-refractivity contribution is -0.137. The molecule has 0 heterocycles. The normalized spacial score (nSPS) is 11.1. The third-order valence-corrected chi connectivity index (χ3v) is 2.65. The minimum atomic E-state index is -0.880. The summed E-state index contributed by atoms with van der Waals surface area (Å²) >= 11 is 5.00. The monoisotopic (exact) mass is 300 g/mol. The first-order valence-corrected chi connectivity index (χ1v) is 6.87. The van der Waals surface area contributed by atoms with Crippen LogP contribution in [0.4, 0.5) is 0 Å². The van der Waals surface area contributed by atoms with Crippen LogP contribution >= 0.6 is 11.6 Å². The van der Waals surface area contributed by atoms with Gasteiger partial charge in [0.15, 0.2) is 5.78 Å². The van der Waals surface area contributed by atoms with Gasteiger partial charge in [0.1, 0.15) is 5.75 Å². The van der Waals surface area contributed by atoms with E-state index in [1.165, 1.54) is 14.0 Å². The molecule has 0 saturated carbocycles. The van der Waals surface area contributed by atoms with Crippen molar-refractivity contribution in [3.63, 3.8) is 0 Å². The number of hydrogen-bond acceptors (Lipinski definition) is 3. The molecule has 0 fully saturated rings. The first-order valence-electron chi connectivity index (χ1n) is 6.33.